The molecule has 3 rings (SSSR count). The number of carbonyl (C=O) groups excluding carboxylic acids is 1. The van der Waals surface area contributed by atoms with Crippen LogP contribution in [0.2, 0.25) is 0 Å². The van der Waals surface area contributed by atoms with E-state index in [0.717, 1.165) is 22.2 Å². The summed E-state index contributed by atoms with van der Waals surface area (Å²) in [5, 5.41) is 12.4. The number of aromatic nitrogens is 3. The lowest BCUT2D eigenvalue weighted by Crippen LogP contribution is -2.24. The number of nitrogens with zero attached hydrogens (tertiary/aromatic N) is 3. The first-order valence-corrected chi connectivity index (χ1v) is 9.56. The van der Waals surface area contributed by atoms with Crippen molar-refractivity contribution in [3.8, 4) is 5.69 Å². The zero-order valence-corrected chi connectivity index (χ0v) is 16.0. The van der Waals surface area contributed by atoms with Crippen LogP contribution in [-0.2, 0) is 6.54 Å². The van der Waals surface area contributed by atoms with E-state index in [2.05, 4.69) is 41.5 Å². The molecule has 1 N–H and O–H groups in total. The van der Waals surface area contributed by atoms with Gasteiger partial charge in [0.2, 0.25) is 0 Å². The molecule has 5 nitrogen and oxygen atoms in total. The summed E-state index contributed by atoms with van der Waals surface area (Å²) in [6.45, 7) is 6.43. The van der Waals surface area contributed by atoms with Crippen LogP contribution in [0.25, 0.3) is 5.69 Å². The largest absolute Gasteiger partial charge is 0.345 e. The summed E-state index contributed by atoms with van der Waals surface area (Å²) in [6, 6.07) is 15.7. The van der Waals surface area contributed by atoms with Crippen LogP contribution in [0, 0.1) is 13.8 Å². The Morgan fingerprint density at radius 2 is 1.81 bits per heavy atom. The number of nitrogens with one attached hydrogen (secondary N) is 1. The number of rotatable bonds is 6. The molecule has 0 atom stereocenters. The fraction of sp³-hybridized carbons (Fsp3) is 0.250. The molecular formula is C20H22N4OS. The fourth-order valence-electron chi connectivity index (χ4n) is 2.71. The fourth-order valence-corrected chi connectivity index (χ4v) is 3.41. The molecule has 3 aromatic rings. The van der Waals surface area contributed by atoms with Crippen LogP contribution in [-0.4, -0.2) is 26.4 Å². The number of hydrogen-bond donors (Lipinski definition) is 1. The van der Waals surface area contributed by atoms with E-state index in [1.807, 2.05) is 47.9 Å². The standard InChI is InChI=1S/C20H22N4OS/c1-4-26-20-23-22-18(24(20)17-10-6-8-15(3)12-17)13-21-19(25)16-9-5-7-14(2)11-16/h5-12H,4,13H2,1-3H3,(H,21,25). The topological polar surface area (TPSA) is 59.8 Å². The van der Waals surface area contributed by atoms with Crippen molar-refractivity contribution in [2.24, 2.45) is 0 Å². The highest BCUT2D eigenvalue weighted by Crippen LogP contribution is 2.22. The van der Waals surface area contributed by atoms with Crippen LogP contribution < -0.4 is 5.32 Å². The molecule has 134 valence electrons. The first-order chi connectivity index (χ1) is 12.6. The second-order valence-corrected chi connectivity index (χ2v) is 7.29. The van der Waals surface area contributed by atoms with Crippen molar-refractivity contribution in [1.82, 2.24) is 20.1 Å². The molecule has 6 heteroatoms. The SMILES string of the molecule is CCSc1nnc(CNC(=O)c2cccc(C)c2)n1-c1cccc(C)c1. The normalized spacial score (nSPS) is 10.7. The molecule has 0 saturated heterocycles. The zero-order chi connectivity index (χ0) is 18.5. The van der Waals surface area contributed by atoms with E-state index in [1.54, 1.807) is 11.8 Å². The van der Waals surface area contributed by atoms with Crippen molar-refractivity contribution < 1.29 is 4.79 Å². The Balaban J connectivity index is 1.85. The highest BCUT2D eigenvalue weighted by atomic mass is 32.2. The van der Waals surface area contributed by atoms with Crippen LogP contribution in [0.1, 0.15) is 34.2 Å². The van der Waals surface area contributed by atoms with Crippen LogP contribution in [0.15, 0.2) is 53.7 Å². The number of hydrogen-bond acceptors (Lipinski definition) is 4. The van der Waals surface area contributed by atoms with Gasteiger partial charge >= 0.3 is 0 Å². The van der Waals surface area contributed by atoms with Crippen molar-refractivity contribution >= 4 is 17.7 Å². The Bertz CT molecular complexity index is 920. The lowest BCUT2D eigenvalue weighted by molar-refractivity contribution is 0.0949. The summed E-state index contributed by atoms with van der Waals surface area (Å²) in [5.41, 5.74) is 3.88. The van der Waals surface area contributed by atoms with Gasteiger partial charge in [0.1, 0.15) is 0 Å². The molecular weight excluding hydrogens is 344 g/mol. The van der Waals surface area contributed by atoms with Gasteiger partial charge in [-0.05, 0) is 49.4 Å². The second kappa shape index (κ2) is 8.19. The molecule has 0 unspecified atom stereocenters. The quantitative estimate of drug-likeness (QED) is 0.672. The summed E-state index contributed by atoms with van der Waals surface area (Å²) in [4.78, 5) is 12.4. The molecule has 0 radical (unpaired) electrons. The number of benzene rings is 2. The molecule has 1 heterocycles. The number of amides is 1. The van der Waals surface area contributed by atoms with Gasteiger partial charge in [-0.25, -0.2) is 0 Å². The molecule has 0 aliphatic heterocycles. The van der Waals surface area contributed by atoms with Gasteiger partial charge in [0.15, 0.2) is 11.0 Å². The third kappa shape index (κ3) is 4.14. The van der Waals surface area contributed by atoms with Crippen LogP contribution in [0.5, 0.6) is 0 Å². The van der Waals surface area contributed by atoms with Crippen molar-refractivity contribution in [1.29, 1.82) is 0 Å². The summed E-state index contributed by atoms with van der Waals surface area (Å²) in [5.74, 6) is 1.50. The molecule has 26 heavy (non-hydrogen) atoms. The van der Waals surface area contributed by atoms with Gasteiger partial charge in [-0.15, -0.1) is 10.2 Å². The van der Waals surface area contributed by atoms with Gasteiger partial charge in [0.05, 0.1) is 6.54 Å². The average Bonchev–Trinajstić information content (AvgIpc) is 3.02. The Kier molecular flexibility index (Phi) is 5.73. The summed E-state index contributed by atoms with van der Waals surface area (Å²) in [6.07, 6.45) is 0. The number of aryl methyl sites for hydroxylation is 2. The Labute approximate surface area is 157 Å². The third-order valence-electron chi connectivity index (χ3n) is 3.92. The molecule has 2 aromatic carbocycles. The molecule has 0 fully saturated rings. The Hall–Kier alpha value is -2.60. The second-order valence-electron chi connectivity index (χ2n) is 6.06. The average molecular weight is 366 g/mol. The summed E-state index contributed by atoms with van der Waals surface area (Å²) in [7, 11) is 0. The number of thioether (sulfide) groups is 1. The van der Waals surface area contributed by atoms with E-state index < -0.39 is 0 Å². The van der Waals surface area contributed by atoms with Gasteiger partial charge in [-0.2, -0.15) is 0 Å². The Morgan fingerprint density at radius 1 is 1.08 bits per heavy atom. The van der Waals surface area contributed by atoms with Crippen LogP contribution >= 0.6 is 11.8 Å². The molecule has 0 bridgehead atoms. The van der Waals surface area contributed by atoms with Gasteiger partial charge < -0.3 is 5.32 Å². The van der Waals surface area contributed by atoms with E-state index >= 15 is 0 Å². The highest BCUT2D eigenvalue weighted by Gasteiger charge is 2.15. The third-order valence-corrected chi connectivity index (χ3v) is 4.73. The minimum absolute atomic E-state index is 0.114. The maximum Gasteiger partial charge on any atom is 0.251 e. The van der Waals surface area contributed by atoms with Crippen molar-refractivity contribution in [2.75, 3.05) is 5.75 Å². The van der Waals surface area contributed by atoms with Crippen LogP contribution in [0.3, 0.4) is 0 Å². The minimum Gasteiger partial charge on any atom is -0.345 e. The maximum atomic E-state index is 12.4. The van der Waals surface area contributed by atoms with Crippen molar-refractivity contribution in [3.63, 3.8) is 0 Å². The van der Waals surface area contributed by atoms with Crippen molar-refractivity contribution in [3.05, 3.63) is 71.0 Å². The smallest absolute Gasteiger partial charge is 0.251 e. The molecule has 0 spiro atoms. The lowest BCUT2D eigenvalue weighted by atomic mass is 10.1. The molecule has 1 amide bonds. The first-order valence-electron chi connectivity index (χ1n) is 8.57. The first kappa shape index (κ1) is 18.2. The molecule has 0 aliphatic rings. The molecule has 0 aliphatic carbocycles. The van der Waals surface area contributed by atoms with E-state index in [9.17, 15) is 4.79 Å². The van der Waals surface area contributed by atoms with Gasteiger partial charge in [0, 0.05) is 11.3 Å². The van der Waals surface area contributed by atoms with E-state index in [0.29, 0.717) is 17.9 Å². The summed E-state index contributed by atoms with van der Waals surface area (Å²) >= 11 is 1.63. The molecule has 1 aromatic heterocycles. The van der Waals surface area contributed by atoms with Crippen LogP contribution in [0.4, 0.5) is 0 Å². The van der Waals surface area contributed by atoms with Gasteiger partial charge in [-0.1, -0.05) is 48.5 Å². The Morgan fingerprint density at radius 3 is 2.50 bits per heavy atom. The zero-order valence-electron chi connectivity index (χ0n) is 15.2. The van der Waals surface area contributed by atoms with Crippen molar-refractivity contribution in [2.45, 2.75) is 32.5 Å². The number of carbonyl (C=O) groups is 1. The van der Waals surface area contributed by atoms with E-state index in [-0.39, 0.29) is 5.91 Å². The molecule has 0 saturated carbocycles. The minimum atomic E-state index is -0.114. The van der Waals surface area contributed by atoms with E-state index in [1.165, 1.54) is 5.56 Å². The maximum absolute atomic E-state index is 12.4. The predicted molar refractivity (Wildman–Crippen MR) is 105 cm³/mol. The predicted octanol–water partition coefficient (Wildman–Crippen LogP) is 3.93. The van der Waals surface area contributed by atoms with Gasteiger partial charge in [-0.3, -0.25) is 9.36 Å². The summed E-state index contributed by atoms with van der Waals surface area (Å²) < 4.78 is 2.01. The monoisotopic (exact) mass is 366 g/mol. The lowest BCUT2D eigenvalue weighted by Gasteiger charge is -2.11. The van der Waals surface area contributed by atoms with E-state index in [4.69, 9.17) is 0 Å². The highest BCUT2D eigenvalue weighted by molar-refractivity contribution is 7.99. The van der Waals surface area contributed by atoms with Gasteiger partial charge in [0.25, 0.3) is 5.91 Å².